The summed E-state index contributed by atoms with van der Waals surface area (Å²) in [6.07, 6.45) is 3.69. The van der Waals surface area contributed by atoms with E-state index in [1.807, 2.05) is 65.3 Å². The lowest BCUT2D eigenvalue weighted by molar-refractivity contribution is 0.0478. The van der Waals surface area contributed by atoms with E-state index in [0.717, 1.165) is 27.3 Å². The monoisotopic (exact) mass is 386 g/mol. The van der Waals surface area contributed by atoms with E-state index < -0.39 is 5.97 Å². The summed E-state index contributed by atoms with van der Waals surface area (Å²) >= 11 is 1.41. The van der Waals surface area contributed by atoms with Crippen LogP contribution in [0.1, 0.15) is 26.4 Å². The van der Waals surface area contributed by atoms with Crippen LogP contribution in [0.2, 0.25) is 0 Å². The molecule has 0 aliphatic carbocycles. The lowest BCUT2D eigenvalue weighted by Gasteiger charge is -2.16. The maximum atomic E-state index is 12.6. The van der Waals surface area contributed by atoms with Gasteiger partial charge in [-0.3, -0.25) is 0 Å². The molecule has 0 fully saturated rings. The van der Waals surface area contributed by atoms with Gasteiger partial charge in [-0.2, -0.15) is 5.26 Å². The van der Waals surface area contributed by atoms with Gasteiger partial charge in [0, 0.05) is 34.0 Å². The molecule has 6 heteroatoms. The van der Waals surface area contributed by atoms with Gasteiger partial charge >= 0.3 is 5.97 Å². The first-order valence-electron chi connectivity index (χ1n) is 8.75. The minimum atomic E-state index is -0.393. The number of aromatic nitrogens is 1. The number of para-hydroxylation sites is 1. The van der Waals surface area contributed by atoms with Gasteiger partial charge in [0.2, 0.25) is 0 Å². The summed E-state index contributed by atoms with van der Waals surface area (Å²) in [5.74, 6) is 0.437. The molecule has 0 spiro atoms. The third-order valence-electron chi connectivity index (χ3n) is 4.76. The second-order valence-electron chi connectivity index (χ2n) is 6.46. The highest BCUT2D eigenvalue weighted by Gasteiger charge is 2.23. The van der Waals surface area contributed by atoms with Crippen molar-refractivity contribution in [3.63, 3.8) is 0 Å². The average molecular weight is 386 g/mol. The Hall–Kier alpha value is -3.56. The maximum Gasteiger partial charge on any atom is 0.348 e. The van der Waals surface area contributed by atoms with Crippen LogP contribution in [0.4, 0.5) is 0 Å². The molecule has 0 saturated heterocycles. The lowest BCUT2D eigenvalue weighted by atomic mass is 10.1. The number of nitrogens with zero attached hydrogens (tertiary/aromatic N) is 2. The zero-order valence-corrected chi connectivity index (χ0v) is 15.5. The zero-order chi connectivity index (χ0) is 19.1. The number of ether oxygens (including phenoxy) is 2. The molecule has 4 heterocycles. The van der Waals surface area contributed by atoms with Gasteiger partial charge < -0.3 is 13.9 Å². The number of carbonyl (C=O) groups excluding carboxylic acids is 1. The smallest absolute Gasteiger partial charge is 0.348 e. The van der Waals surface area contributed by atoms with E-state index in [9.17, 15) is 10.1 Å². The van der Waals surface area contributed by atoms with Gasteiger partial charge in [0.25, 0.3) is 0 Å². The number of benzene rings is 1. The summed E-state index contributed by atoms with van der Waals surface area (Å²) in [7, 11) is 0. The van der Waals surface area contributed by atoms with Crippen molar-refractivity contribution in [3.8, 4) is 22.3 Å². The van der Waals surface area contributed by atoms with E-state index in [1.54, 1.807) is 0 Å². The first-order chi connectivity index (χ1) is 13.7. The number of pyridine rings is 1. The molecular formula is C22H14N2O3S. The highest BCUT2D eigenvalue weighted by molar-refractivity contribution is 7.17. The van der Waals surface area contributed by atoms with E-state index in [2.05, 4.69) is 6.07 Å². The Morgan fingerprint density at radius 1 is 1.25 bits per heavy atom. The number of rotatable bonds is 3. The number of esters is 1. The molecule has 5 nitrogen and oxygen atoms in total. The van der Waals surface area contributed by atoms with Crippen LogP contribution in [0, 0.1) is 11.3 Å². The fraction of sp³-hybridized carbons (Fsp3) is 0.0909. The van der Waals surface area contributed by atoms with E-state index >= 15 is 0 Å². The number of hydrogen-bond acceptors (Lipinski definition) is 5. The SMILES string of the molecule is N#Cc1c(COC(=O)c2cc3c(s2)-c2ccccc2OC3)cn2ccccc12. The Morgan fingerprint density at radius 3 is 3.00 bits per heavy atom. The molecule has 0 bridgehead atoms. The molecule has 136 valence electrons. The van der Waals surface area contributed by atoms with Crippen molar-refractivity contribution in [3.05, 3.63) is 82.5 Å². The maximum absolute atomic E-state index is 12.6. The van der Waals surface area contributed by atoms with Gasteiger partial charge in [0.05, 0.1) is 11.1 Å². The average Bonchev–Trinajstić information content (AvgIpc) is 3.33. The predicted molar refractivity (Wildman–Crippen MR) is 105 cm³/mol. The first-order valence-corrected chi connectivity index (χ1v) is 9.57. The van der Waals surface area contributed by atoms with Gasteiger partial charge in [-0.15, -0.1) is 11.3 Å². The first kappa shape index (κ1) is 16.6. The van der Waals surface area contributed by atoms with Gasteiger partial charge in [-0.05, 0) is 30.3 Å². The van der Waals surface area contributed by atoms with Crippen LogP contribution in [-0.4, -0.2) is 10.4 Å². The molecule has 1 aliphatic rings. The molecule has 0 radical (unpaired) electrons. The lowest BCUT2D eigenvalue weighted by Crippen LogP contribution is -2.04. The summed E-state index contributed by atoms with van der Waals surface area (Å²) in [6.45, 7) is 0.499. The van der Waals surface area contributed by atoms with Crippen molar-refractivity contribution in [2.75, 3.05) is 0 Å². The fourth-order valence-electron chi connectivity index (χ4n) is 3.43. The van der Waals surface area contributed by atoms with Crippen LogP contribution >= 0.6 is 11.3 Å². The second-order valence-corrected chi connectivity index (χ2v) is 7.51. The molecule has 0 atom stereocenters. The standard InChI is InChI=1S/C22H14N2O3S/c23-10-17-15(11-24-8-4-3-6-18(17)24)13-27-22(25)20-9-14-12-26-19-7-2-1-5-16(19)21(14)28-20/h1-9,11H,12-13H2. The van der Waals surface area contributed by atoms with E-state index in [4.69, 9.17) is 9.47 Å². The predicted octanol–water partition coefficient (Wildman–Crippen LogP) is 4.79. The fourth-order valence-corrected chi connectivity index (χ4v) is 4.52. The normalized spacial score (nSPS) is 12.0. The largest absolute Gasteiger partial charge is 0.488 e. The molecule has 0 amide bonds. The Bertz CT molecular complexity index is 1260. The van der Waals surface area contributed by atoms with Gasteiger partial charge in [0.15, 0.2) is 0 Å². The number of hydrogen-bond donors (Lipinski definition) is 0. The Labute approximate surface area is 165 Å². The minimum absolute atomic E-state index is 0.0546. The summed E-state index contributed by atoms with van der Waals surface area (Å²) in [4.78, 5) is 14.2. The molecule has 5 rings (SSSR count). The highest BCUT2D eigenvalue weighted by atomic mass is 32.1. The topological polar surface area (TPSA) is 63.7 Å². The van der Waals surface area contributed by atoms with Crippen LogP contribution in [0.25, 0.3) is 16.0 Å². The van der Waals surface area contributed by atoms with Crippen molar-refractivity contribution < 1.29 is 14.3 Å². The molecule has 0 saturated carbocycles. The van der Waals surface area contributed by atoms with Gasteiger partial charge in [0.1, 0.15) is 29.9 Å². The number of thiophene rings is 1. The van der Waals surface area contributed by atoms with Gasteiger partial charge in [-0.1, -0.05) is 18.2 Å². The summed E-state index contributed by atoms with van der Waals surface area (Å²) in [5.41, 5.74) is 4.01. The summed E-state index contributed by atoms with van der Waals surface area (Å²) in [5, 5.41) is 9.48. The van der Waals surface area contributed by atoms with Crippen LogP contribution in [0.3, 0.4) is 0 Å². The Kier molecular flexibility index (Phi) is 3.89. The molecule has 28 heavy (non-hydrogen) atoms. The molecule has 0 unspecified atom stereocenters. The number of fused-ring (bicyclic) bond motifs is 4. The number of nitriles is 1. The van der Waals surface area contributed by atoms with E-state index in [1.165, 1.54) is 11.3 Å². The van der Waals surface area contributed by atoms with Crippen molar-refractivity contribution in [1.82, 2.24) is 4.40 Å². The molecule has 3 aromatic heterocycles. The molecular weight excluding hydrogens is 372 g/mol. The molecule has 1 aromatic carbocycles. The third kappa shape index (κ3) is 2.65. The molecule has 0 N–H and O–H groups in total. The van der Waals surface area contributed by atoms with Crippen LogP contribution < -0.4 is 4.74 Å². The Morgan fingerprint density at radius 2 is 2.11 bits per heavy atom. The number of carbonyl (C=O) groups is 1. The van der Waals surface area contributed by atoms with Crippen molar-refractivity contribution in [1.29, 1.82) is 5.26 Å². The quantitative estimate of drug-likeness (QED) is 0.475. The Balaban J connectivity index is 1.40. The summed E-state index contributed by atoms with van der Waals surface area (Å²) < 4.78 is 13.1. The van der Waals surface area contributed by atoms with Crippen LogP contribution in [0.15, 0.2) is 60.9 Å². The minimum Gasteiger partial charge on any atom is -0.488 e. The second kappa shape index (κ2) is 6.55. The zero-order valence-electron chi connectivity index (χ0n) is 14.7. The molecule has 1 aliphatic heterocycles. The van der Waals surface area contributed by atoms with Crippen LogP contribution in [-0.2, 0) is 18.0 Å². The summed E-state index contributed by atoms with van der Waals surface area (Å²) in [6, 6.07) is 17.5. The van der Waals surface area contributed by atoms with Gasteiger partial charge in [-0.25, -0.2) is 4.79 Å². The van der Waals surface area contributed by atoms with Crippen LogP contribution in [0.5, 0.6) is 5.75 Å². The van der Waals surface area contributed by atoms with E-state index in [0.29, 0.717) is 22.6 Å². The van der Waals surface area contributed by atoms with E-state index in [-0.39, 0.29) is 6.61 Å². The van der Waals surface area contributed by atoms with Crippen molar-refractivity contribution >= 4 is 22.8 Å². The third-order valence-corrected chi connectivity index (χ3v) is 5.95. The highest BCUT2D eigenvalue weighted by Crippen LogP contribution is 2.42. The van der Waals surface area contributed by atoms with Crippen molar-refractivity contribution in [2.45, 2.75) is 13.2 Å². The molecule has 4 aromatic rings. The van der Waals surface area contributed by atoms with Crippen molar-refractivity contribution in [2.24, 2.45) is 0 Å².